The maximum atomic E-state index is 10.8. The van der Waals surface area contributed by atoms with Crippen LogP contribution in [0.5, 0.6) is 0 Å². The molecule has 13 heavy (non-hydrogen) atoms. The van der Waals surface area contributed by atoms with E-state index in [1.54, 1.807) is 0 Å². The minimum Gasteiger partial charge on any atom is -0.281 e. The van der Waals surface area contributed by atoms with Gasteiger partial charge in [0.05, 0.1) is 11.2 Å². The van der Waals surface area contributed by atoms with Crippen LogP contribution in [-0.2, 0) is 4.57 Å². The number of hydrogen-bond acceptors (Lipinski definition) is 3. The third-order valence-corrected chi connectivity index (χ3v) is 2.56. The smallest absolute Gasteiger partial charge is 0.281 e. The lowest BCUT2D eigenvalue weighted by atomic mass is 10.7. The maximum absolute atomic E-state index is 10.8. The molecule has 0 aliphatic carbocycles. The van der Waals surface area contributed by atoms with Gasteiger partial charge in [-0.15, -0.1) is 0 Å². The van der Waals surface area contributed by atoms with Gasteiger partial charge in [0.25, 0.3) is 0 Å². The van der Waals surface area contributed by atoms with E-state index in [1.807, 2.05) is 0 Å². The highest BCUT2D eigenvalue weighted by Crippen LogP contribution is 2.55. The highest BCUT2D eigenvalue weighted by Gasteiger charge is 2.15. The van der Waals surface area contributed by atoms with E-state index in [1.165, 1.54) is 6.20 Å². The third-order valence-electron chi connectivity index (χ3n) is 0.931. The molecule has 0 unspecified atom stereocenters. The molecule has 0 radical (unpaired) electrons. The second-order valence-electron chi connectivity index (χ2n) is 1.91. The predicted octanol–water partition coefficient (Wildman–Crippen LogP) is 3.78. The van der Waals surface area contributed by atoms with Crippen LogP contribution in [0.4, 0.5) is 5.95 Å². The Balaban J connectivity index is 2.92. The lowest BCUT2D eigenvalue weighted by molar-refractivity contribution is 0.595. The number of anilines is 1. The Labute approximate surface area is 93.6 Å². The first-order chi connectivity index (χ1) is 5.88. The Morgan fingerprint density at radius 1 is 1.38 bits per heavy atom. The van der Waals surface area contributed by atoms with E-state index >= 15 is 0 Å². The van der Waals surface area contributed by atoms with Crippen LogP contribution in [0.15, 0.2) is 6.20 Å². The fourth-order valence-electron chi connectivity index (χ4n) is 0.517. The second kappa shape index (κ2) is 4.20. The SMILES string of the molecule is O=P(Cl)(Cl)Nc1ncc(Cl)c(Cl)n1. The number of nitrogens with one attached hydrogen (secondary N) is 1. The van der Waals surface area contributed by atoms with Crippen molar-refractivity contribution in [1.82, 2.24) is 9.97 Å². The van der Waals surface area contributed by atoms with Crippen molar-refractivity contribution < 1.29 is 4.57 Å². The van der Waals surface area contributed by atoms with Crippen molar-refractivity contribution >= 4 is 57.6 Å². The number of rotatable bonds is 2. The molecule has 0 aliphatic rings. The monoisotopic (exact) mass is 279 g/mol. The highest BCUT2D eigenvalue weighted by atomic mass is 35.9. The summed E-state index contributed by atoms with van der Waals surface area (Å²) in [7, 11) is 0. The summed E-state index contributed by atoms with van der Waals surface area (Å²) in [5.74, 6) is -3.49. The lowest BCUT2D eigenvalue weighted by Crippen LogP contribution is -1.94. The van der Waals surface area contributed by atoms with Gasteiger partial charge in [-0.3, -0.25) is 9.65 Å². The Morgan fingerprint density at radius 2 is 2.00 bits per heavy atom. The summed E-state index contributed by atoms with van der Waals surface area (Å²) >= 11 is 21.5. The summed E-state index contributed by atoms with van der Waals surface area (Å²) in [5.41, 5.74) is 0. The van der Waals surface area contributed by atoms with Gasteiger partial charge in [0.1, 0.15) is 0 Å². The summed E-state index contributed by atoms with van der Waals surface area (Å²) in [5, 5.41) is 2.39. The normalized spacial score (nSPS) is 11.4. The zero-order valence-corrected chi connectivity index (χ0v) is 9.76. The van der Waals surface area contributed by atoms with Gasteiger partial charge in [-0.1, -0.05) is 23.2 Å². The van der Waals surface area contributed by atoms with E-state index in [9.17, 15) is 4.57 Å². The van der Waals surface area contributed by atoms with Gasteiger partial charge < -0.3 is 0 Å². The van der Waals surface area contributed by atoms with Crippen LogP contribution >= 0.6 is 51.7 Å². The first kappa shape index (κ1) is 11.3. The largest absolute Gasteiger partial charge is 0.345 e. The Hall–Kier alpha value is 0.270. The zero-order chi connectivity index (χ0) is 10.1. The van der Waals surface area contributed by atoms with Gasteiger partial charge in [-0.2, -0.15) is 4.98 Å². The van der Waals surface area contributed by atoms with Gasteiger partial charge in [0.15, 0.2) is 5.15 Å². The van der Waals surface area contributed by atoms with Crippen molar-refractivity contribution in [2.45, 2.75) is 0 Å². The average molecular weight is 281 g/mol. The number of hydrogen-bond donors (Lipinski definition) is 1. The van der Waals surface area contributed by atoms with Gasteiger partial charge in [0, 0.05) is 0 Å². The van der Waals surface area contributed by atoms with Crippen molar-refractivity contribution in [3.05, 3.63) is 16.4 Å². The molecule has 0 aliphatic heterocycles. The second-order valence-corrected chi connectivity index (χ2v) is 7.20. The van der Waals surface area contributed by atoms with Crippen molar-refractivity contribution in [1.29, 1.82) is 0 Å². The molecule has 9 heteroatoms. The first-order valence-corrected chi connectivity index (χ1v) is 7.11. The summed E-state index contributed by atoms with van der Waals surface area (Å²) in [6.07, 6.45) is 1.24. The van der Waals surface area contributed by atoms with Crippen molar-refractivity contribution in [3.63, 3.8) is 0 Å². The first-order valence-electron chi connectivity index (χ1n) is 2.84. The molecule has 0 spiro atoms. The van der Waals surface area contributed by atoms with Crippen molar-refractivity contribution in [3.8, 4) is 0 Å². The van der Waals surface area contributed by atoms with Gasteiger partial charge in [-0.25, -0.2) is 4.98 Å². The Bertz CT molecular complexity index is 366. The molecular formula is C4H2Cl4N3OP. The maximum Gasteiger partial charge on any atom is 0.345 e. The van der Waals surface area contributed by atoms with Crippen LogP contribution in [0.1, 0.15) is 0 Å². The van der Waals surface area contributed by atoms with E-state index < -0.39 is 6.00 Å². The van der Waals surface area contributed by atoms with Crippen molar-refractivity contribution in [2.24, 2.45) is 0 Å². The van der Waals surface area contributed by atoms with Crippen LogP contribution < -0.4 is 5.09 Å². The third kappa shape index (κ3) is 3.88. The molecule has 0 saturated heterocycles. The van der Waals surface area contributed by atoms with Gasteiger partial charge in [-0.05, 0) is 22.5 Å². The molecule has 4 nitrogen and oxygen atoms in total. The highest BCUT2D eigenvalue weighted by molar-refractivity contribution is 8.09. The average Bonchev–Trinajstić information content (AvgIpc) is 1.94. The quantitative estimate of drug-likeness (QED) is 0.662. The molecule has 72 valence electrons. The molecule has 0 bridgehead atoms. The van der Waals surface area contributed by atoms with E-state index in [-0.39, 0.29) is 16.1 Å². The summed E-state index contributed by atoms with van der Waals surface area (Å²) < 4.78 is 10.8. The molecule has 1 aromatic rings. The van der Waals surface area contributed by atoms with Crippen LogP contribution in [0, 0.1) is 0 Å². The fraction of sp³-hybridized carbons (Fsp3) is 0. The molecule has 0 amide bonds. The predicted molar refractivity (Wildman–Crippen MR) is 55.0 cm³/mol. The standard InChI is InChI=1S/C4H2Cl4N3OP/c5-2-1-9-4(10-3(2)6)11-13(7,8)12/h1H,(H,9,10,11,12). The van der Waals surface area contributed by atoms with E-state index in [4.69, 9.17) is 45.7 Å². The molecule has 1 heterocycles. The molecule has 0 saturated carbocycles. The lowest BCUT2D eigenvalue weighted by Gasteiger charge is -2.04. The minimum absolute atomic E-state index is 0.0287. The van der Waals surface area contributed by atoms with E-state index in [2.05, 4.69) is 15.1 Å². The van der Waals surface area contributed by atoms with E-state index in [0.29, 0.717) is 0 Å². The van der Waals surface area contributed by atoms with Crippen LogP contribution in [0.2, 0.25) is 10.2 Å². The van der Waals surface area contributed by atoms with Crippen LogP contribution in [0.25, 0.3) is 0 Å². The Kier molecular flexibility index (Phi) is 3.66. The fourth-order valence-corrected chi connectivity index (χ4v) is 1.53. The summed E-state index contributed by atoms with van der Waals surface area (Å²) in [6.45, 7) is 0. The van der Waals surface area contributed by atoms with Gasteiger partial charge >= 0.3 is 6.00 Å². The molecule has 1 rings (SSSR count). The van der Waals surface area contributed by atoms with E-state index in [0.717, 1.165) is 0 Å². The number of nitrogens with zero attached hydrogens (tertiary/aromatic N) is 2. The number of aromatic nitrogens is 2. The molecule has 1 N–H and O–H groups in total. The number of halogens is 4. The van der Waals surface area contributed by atoms with Gasteiger partial charge in [0.2, 0.25) is 5.95 Å². The molecule has 1 aromatic heterocycles. The molecule has 0 aromatic carbocycles. The van der Waals surface area contributed by atoms with Crippen LogP contribution in [-0.4, -0.2) is 9.97 Å². The Morgan fingerprint density at radius 3 is 2.46 bits per heavy atom. The molecule has 0 fully saturated rings. The zero-order valence-electron chi connectivity index (χ0n) is 5.84. The van der Waals surface area contributed by atoms with Crippen molar-refractivity contribution in [2.75, 3.05) is 5.09 Å². The summed E-state index contributed by atoms with van der Waals surface area (Å²) in [6, 6.07) is 0. The molecular weight excluding hydrogens is 279 g/mol. The minimum atomic E-state index is -3.45. The topological polar surface area (TPSA) is 54.9 Å². The van der Waals surface area contributed by atoms with Crippen LogP contribution in [0.3, 0.4) is 0 Å². The molecule has 0 atom stereocenters. The summed E-state index contributed by atoms with van der Waals surface area (Å²) in [4.78, 5) is 7.27.